The monoisotopic (exact) mass is 281 g/mol. The number of hydrogen-bond donors (Lipinski definition) is 0. The number of nitrogens with zero attached hydrogens (tertiary/aromatic N) is 1. The third kappa shape index (κ3) is 3.35. The molecule has 1 aromatic rings. The van der Waals surface area contributed by atoms with Crippen molar-refractivity contribution in [3.8, 4) is 0 Å². The number of morpholine rings is 1. The lowest BCUT2D eigenvalue weighted by Gasteiger charge is -2.41. The molecule has 1 aromatic carbocycles. The van der Waals surface area contributed by atoms with Gasteiger partial charge >= 0.3 is 5.97 Å². The molecular formula is C15H20FNO3. The van der Waals surface area contributed by atoms with Crippen molar-refractivity contribution in [2.24, 2.45) is 0 Å². The van der Waals surface area contributed by atoms with Gasteiger partial charge in [-0.05, 0) is 31.5 Å². The van der Waals surface area contributed by atoms with Gasteiger partial charge in [-0.25, -0.2) is 9.18 Å². The van der Waals surface area contributed by atoms with Gasteiger partial charge in [-0.1, -0.05) is 12.1 Å². The molecule has 1 saturated heterocycles. The third-order valence-electron chi connectivity index (χ3n) is 3.43. The van der Waals surface area contributed by atoms with E-state index in [0.29, 0.717) is 19.7 Å². The minimum Gasteiger partial charge on any atom is -0.468 e. The Kier molecular flexibility index (Phi) is 4.40. The second-order valence-corrected chi connectivity index (χ2v) is 5.56. The summed E-state index contributed by atoms with van der Waals surface area (Å²) in [6.45, 7) is 5.78. The molecule has 20 heavy (non-hydrogen) atoms. The van der Waals surface area contributed by atoms with E-state index in [4.69, 9.17) is 9.47 Å². The molecule has 0 radical (unpaired) electrons. The Balaban J connectivity index is 2.28. The molecule has 1 heterocycles. The average molecular weight is 281 g/mol. The van der Waals surface area contributed by atoms with E-state index in [1.165, 1.54) is 19.2 Å². The van der Waals surface area contributed by atoms with Gasteiger partial charge in [0, 0.05) is 13.1 Å². The van der Waals surface area contributed by atoms with Crippen LogP contribution in [0.15, 0.2) is 24.3 Å². The Labute approximate surface area is 118 Å². The van der Waals surface area contributed by atoms with Crippen LogP contribution in [0.3, 0.4) is 0 Å². The van der Waals surface area contributed by atoms with Crippen LogP contribution in [0, 0.1) is 5.82 Å². The molecule has 0 aromatic heterocycles. The van der Waals surface area contributed by atoms with Gasteiger partial charge in [0.15, 0.2) is 0 Å². The zero-order valence-corrected chi connectivity index (χ0v) is 12.1. The Morgan fingerprint density at radius 2 is 2.05 bits per heavy atom. The minimum absolute atomic E-state index is 0.315. The minimum atomic E-state index is -0.524. The number of rotatable bonds is 3. The van der Waals surface area contributed by atoms with Crippen molar-refractivity contribution in [2.45, 2.75) is 25.5 Å². The summed E-state index contributed by atoms with van der Waals surface area (Å²) in [7, 11) is 1.37. The summed E-state index contributed by atoms with van der Waals surface area (Å²) in [4.78, 5) is 14.1. The number of hydrogen-bond acceptors (Lipinski definition) is 4. The molecule has 4 nitrogen and oxygen atoms in total. The fraction of sp³-hybridized carbons (Fsp3) is 0.533. The molecule has 1 aliphatic rings. The number of methoxy groups -OCH3 is 1. The summed E-state index contributed by atoms with van der Waals surface area (Å²) in [5.74, 6) is -0.658. The van der Waals surface area contributed by atoms with E-state index in [1.807, 2.05) is 18.7 Å². The predicted octanol–water partition coefficient (Wildman–Crippen LogP) is 2.15. The molecule has 1 fully saturated rings. The average Bonchev–Trinajstić information content (AvgIpc) is 2.40. The van der Waals surface area contributed by atoms with Crippen LogP contribution in [0.5, 0.6) is 0 Å². The number of halogens is 1. The third-order valence-corrected chi connectivity index (χ3v) is 3.43. The highest BCUT2D eigenvalue weighted by molar-refractivity contribution is 5.77. The standard InChI is InChI=1S/C15H20FNO3/c1-15(2)10-17(8-9-20-15)13(14(18)19-3)11-4-6-12(16)7-5-11/h4-7,13H,8-10H2,1-3H3/t13-/m1/s1. The maximum atomic E-state index is 13.0. The maximum Gasteiger partial charge on any atom is 0.327 e. The normalized spacial score (nSPS) is 20.4. The van der Waals surface area contributed by atoms with Crippen molar-refractivity contribution in [1.82, 2.24) is 4.90 Å². The van der Waals surface area contributed by atoms with Gasteiger partial charge in [0.2, 0.25) is 0 Å². The Morgan fingerprint density at radius 3 is 2.60 bits per heavy atom. The van der Waals surface area contributed by atoms with Crippen molar-refractivity contribution in [3.63, 3.8) is 0 Å². The fourth-order valence-corrected chi connectivity index (χ4v) is 2.53. The highest BCUT2D eigenvalue weighted by Crippen LogP contribution is 2.28. The number of benzene rings is 1. The van der Waals surface area contributed by atoms with Crippen molar-refractivity contribution in [1.29, 1.82) is 0 Å². The van der Waals surface area contributed by atoms with Crippen LogP contribution < -0.4 is 0 Å². The Hall–Kier alpha value is -1.46. The van der Waals surface area contributed by atoms with Gasteiger partial charge in [0.1, 0.15) is 11.9 Å². The summed E-state index contributed by atoms with van der Waals surface area (Å²) in [6, 6.07) is 5.44. The second-order valence-electron chi connectivity index (χ2n) is 5.56. The van der Waals surface area contributed by atoms with Gasteiger partial charge in [-0.15, -0.1) is 0 Å². The number of esters is 1. The lowest BCUT2D eigenvalue weighted by molar-refractivity contribution is -0.154. The first kappa shape index (κ1) is 14.9. The summed E-state index contributed by atoms with van der Waals surface area (Å²) < 4.78 is 23.6. The van der Waals surface area contributed by atoms with Crippen LogP contribution in [0.1, 0.15) is 25.5 Å². The molecular weight excluding hydrogens is 261 g/mol. The first-order chi connectivity index (χ1) is 9.43. The SMILES string of the molecule is COC(=O)[C@@H](c1ccc(F)cc1)N1CCOC(C)(C)C1. The van der Waals surface area contributed by atoms with E-state index >= 15 is 0 Å². The molecule has 0 N–H and O–H groups in total. The molecule has 5 heteroatoms. The van der Waals surface area contributed by atoms with Gasteiger partial charge in [0.25, 0.3) is 0 Å². The van der Waals surface area contributed by atoms with Crippen LogP contribution in [-0.2, 0) is 14.3 Å². The van der Waals surface area contributed by atoms with Crippen LogP contribution >= 0.6 is 0 Å². The molecule has 2 rings (SSSR count). The van der Waals surface area contributed by atoms with E-state index in [2.05, 4.69) is 0 Å². The van der Waals surface area contributed by atoms with Gasteiger partial charge in [-0.3, -0.25) is 4.90 Å². The van der Waals surface area contributed by atoms with Crippen molar-refractivity contribution >= 4 is 5.97 Å². The van der Waals surface area contributed by atoms with Crippen LogP contribution in [0.25, 0.3) is 0 Å². The van der Waals surface area contributed by atoms with Gasteiger partial charge in [0.05, 0.1) is 19.3 Å². The van der Waals surface area contributed by atoms with E-state index in [0.717, 1.165) is 5.56 Å². The fourth-order valence-electron chi connectivity index (χ4n) is 2.53. The van der Waals surface area contributed by atoms with Crippen LogP contribution in [-0.4, -0.2) is 43.3 Å². The zero-order valence-electron chi connectivity index (χ0n) is 12.1. The second kappa shape index (κ2) is 5.89. The molecule has 1 aliphatic heterocycles. The Morgan fingerprint density at radius 1 is 1.40 bits per heavy atom. The molecule has 0 unspecified atom stereocenters. The van der Waals surface area contributed by atoms with Gasteiger partial charge < -0.3 is 9.47 Å². The summed E-state index contributed by atoms with van der Waals surface area (Å²) in [5, 5.41) is 0. The van der Waals surface area contributed by atoms with Crippen LogP contribution in [0.2, 0.25) is 0 Å². The first-order valence-electron chi connectivity index (χ1n) is 6.64. The molecule has 0 bridgehead atoms. The maximum absolute atomic E-state index is 13.0. The molecule has 0 spiro atoms. The van der Waals surface area contributed by atoms with E-state index in [1.54, 1.807) is 12.1 Å². The molecule has 0 amide bonds. The lowest BCUT2D eigenvalue weighted by atomic mass is 10.0. The van der Waals surface area contributed by atoms with E-state index < -0.39 is 6.04 Å². The van der Waals surface area contributed by atoms with E-state index in [-0.39, 0.29) is 17.4 Å². The zero-order chi connectivity index (χ0) is 14.8. The lowest BCUT2D eigenvalue weighted by Crippen LogP contribution is -2.51. The number of ether oxygens (including phenoxy) is 2. The van der Waals surface area contributed by atoms with Crippen LogP contribution in [0.4, 0.5) is 4.39 Å². The smallest absolute Gasteiger partial charge is 0.327 e. The number of carbonyl (C=O) groups is 1. The number of carbonyl (C=O) groups excluding carboxylic acids is 1. The molecule has 0 saturated carbocycles. The quantitative estimate of drug-likeness (QED) is 0.796. The largest absolute Gasteiger partial charge is 0.468 e. The summed E-state index contributed by atoms with van der Waals surface area (Å²) in [5.41, 5.74) is 0.417. The Bertz CT molecular complexity index is 473. The van der Waals surface area contributed by atoms with E-state index in [9.17, 15) is 9.18 Å². The highest BCUT2D eigenvalue weighted by atomic mass is 19.1. The predicted molar refractivity (Wildman–Crippen MR) is 72.8 cm³/mol. The molecule has 110 valence electrons. The summed E-state index contributed by atoms with van der Waals surface area (Å²) in [6.07, 6.45) is 0. The molecule has 0 aliphatic carbocycles. The van der Waals surface area contributed by atoms with Crippen molar-refractivity contribution < 1.29 is 18.7 Å². The van der Waals surface area contributed by atoms with Crippen molar-refractivity contribution in [2.75, 3.05) is 26.8 Å². The molecule has 1 atom stereocenters. The van der Waals surface area contributed by atoms with Gasteiger partial charge in [-0.2, -0.15) is 0 Å². The summed E-state index contributed by atoms with van der Waals surface area (Å²) >= 11 is 0. The first-order valence-corrected chi connectivity index (χ1v) is 6.64. The van der Waals surface area contributed by atoms with Crippen molar-refractivity contribution in [3.05, 3.63) is 35.6 Å². The highest BCUT2D eigenvalue weighted by Gasteiger charge is 2.36. The topological polar surface area (TPSA) is 38.8 Å².